The molecule has 6 heteroatoms. The highest BCUT2D eigenvalue weighted by molar-refractivity contribution is 7.17. The molecule has 0 fully saturated rings. The smallest absolute Gasteiger partial charge is 0.186 e. The Bertz CT molecular complexity index is 769. The number of rotatable bonds is 3. The van der Waals surface area contributed by atoms with Crippen LogP contribution >= 0.6 is 11.3 Å². The second-order valence-electron chi connectivity index (χ2n) is 4.35. The summed E-state index contributed by atoms with van der Waals surface area (Å²) < 4.78 is 15.0. The maximum absolute atomic E-state index is 13.9. The normalized spacial score (nSPS) is 10.9. The molecule has 102 valence electrons. The Morgan fingerprint density at radius 2 is 2.20 bits per heavy atom. The number of hydrogen-bond acceptors (Lipinski definition) is 5. The van der Waals surface area contributed by atoms with E-state index in [2.05, 4.69) is 20.3 Å². The average Bonchev–Trinajstić information content (AvgIpc) is 2.91. The third-order valence-electron chi connectivity index (χ3n) is 2.92. The summed E-state index contributed by atoms with van der Waals surface area (Å²) in [5.41, 5.74) is 2.07. The monoisotopic (exact) mass is 288 g/mol. The Morgan fingerprint density at radius 1 is 1.35 bits per heavy atom. The zero-order chi connectivity index (χ0) is 14.1. The summed E-state index contributed by atoms with van der Waals surface area (Å²) in [6, 6.07) is 3.94. The fourth-order valence-corrected chi connectivity index (χ4v) is 2.72. The third-order valence-corrected chi connectivity index (χ3v) is 3.78. The molecule has 0 unspecified atom stereocenters. The van der Waals surface area contributed by atoms with E-state index in [-0.39, 0.29) is 5.82 Å². The van der Waals surface area contributed by atoms with Gasteiger partial charge in [0.15, 0.2) is 17.5 Å². The first kappa shape index (κ1) is 12.9. The minimum Gasteiger partial charge on any atom is -0.368 e. The van der Waals surface area contributed by atoms with Crippen LogP contribution in [0.5, 0.6) is 0 Å². The average molecular weight is 288 g/mol. The molecule has 0 saturated carbocycles. The van der Waals surface area contributed by atoms with Crippen molar-refractivity contribution in [3.63, 3.8) is 0 Å². The standard InChI is InChI=1S/C14H13FN4S/c1-3-16-14-12(15)8(2)18-13(19-14)9-6-11-10(17-7-9)4-5-20-11/h4-7H,3H2,1-2H3,(H,16,18,19). The largest absolute Gasteiger partial charge is 0.368 e. The van der Waals surface area contributed by atoms with E-state index >= 15 is 0 Å². The lowest BCUT2D eigenvalue weighted by Crippen LogP contribution is -2.06. The molecule has 1 N–H and O–H groups in total. The fourth-order valence-electron chi connectivity index (χ4n) is 1.94. The van der Waals surface area contributed by atoms with Crippen LogP contribution in [0.15, 0.2) is 23.7 Å². The lowest BCUT2D eigenvalue weighted by Gasteiger charge is -2.08. The van der Waals surface area contributed by atoms with Crippen LogP contribution in [0.2, 0.25) is 0 Å². The van der Waals surface area contributed by atoms with Crippen molar-refractivity contribution in [2.45, 2.75) is 13.8 Å². The van der Waals surface area contributed by atoms with Crippen LogP contribution < -0.4 is 5.32 Å². The van der Waals surface area contributed by atoms with Crippen LogP contribution in [-0.4, -0.2) is 21.5 Å². The number of hydrogen-bond donors (Lipinski definition) is 1. The molecule has 0 spiro atoms. The zero-order valence-corrected chi connectivity index (χ0v) is 12.0. The van der Waals surface area contributed by atoms with Crippen LogP contribution in [0, 0.1) is 12.7 Å². The molecule has 3 rings (SSSR count). The highest BCUT2D eigenvalue weighted by Gasteiger charge is 2.13. The van der Waals surface area contributed by atoms with E-state index < -0.39 is 5.82 Å². The van der Waals surface area contributed by atoms with Gasteiger partial charge in [0.25, 0.3) is 0 Å². The van der Waals surface area contributed by atoms with Crippen molar-refractivity contribution in [2.75, 3.05) is 11.9 Å². The summed E-state index contributed by atoms with van der Waals surface area (Å²) in [4.78, 5) is 12.8. The molecule has 4 nitrogen and oxygen atoms in total. The molecule has 0 amide bonds. The van der Waals surface area contributed by atoms with Crippen molar-refractivity contribution in [3.05, 3.63) is 35.2 Å². The molecular formula is C14H13FN4S. The maximum atomic E-state index is 13.9. The van der Waals surface area contributed by atoms with Gasteiger partial charge in [-0.1, -0.05) is 0 Å². The topological polar surface area (TPSA) is 50.7 Å². The van der Waals surface area contributed by atoms with Crippen molar-refractivity contribution in [2.24, 2.45) is 0 Å². The number of nitrogens with one attached hydrogen (secondary N) is 1. The number of thiophene rings is 1. The highest BCUT2D eigenvalue weighted by Crippen LogP contribution is 2.25. The fraction of sp³-hybridized carbons (Fsp3) is 0.214. The van der Waals surface area contributed by atoms with Crippen LogP contribution in [0.25, 0.3) is 21.6 Å². The lowest BCUT2D eigenvalue weighted by atomic mass is 10.2. The number of pyridine rings is 1. The van der Waals surface area contributed by atoms with E-state index in [1.165, 1.54) is 0 Å². The predicted molar refractivity (Wildman–Crippen MR) is 79.5 cm³/mol. The molecule has 3 aromatic heterocycles. The SMILES string of the molecule is CCNc1nc(-c2cnc3ccsc3c2)nc(C)c1F. The first-order valence-electron chi connectivity index (χ1n) is 6.30. The summed E-state index contributed by atoms with van der Waals surface area (Å²) in [6.45, 7) is 4.14. The van der Waals surface area contributed by atoms with E-state index in [0.717, 1.165) is 15.8 Å². The van der Waals surface area contributed by atoms with Crippen molar-refractivity contribution in [1.82, 2.24) is 15.0 Å². The Kier molecular flexibility index (Phi) is 3.31. The molecular weight excluding hydrogens is 275 g/mol. The van der Waals surface area contributed by atoms with Gasteiger partial charge in [-0.15, -0.1) is 11.3 Å². The van der Waals surface area contributed by atoms with E-state index in [1.807, 2.05) is 24.4 Å². The Balaban J connectivity index is 2.12. The third kappa shape index (κ3) is 2.22. The molecule has 3 aromatic rings. The van der Waals surface area contributed by atoms with E-state index in [9.17, 15) is 4.39 Å². The number of halogens is 1. The molecule has 3 heterocycles. The molecule has 20 heavy (non-hydrogen) atoms. The Hall–Kier alpha value is -2.08. The molecule has 0 aliphatic rings. The van der Waals surface area contributed by atoms with Crippen LogP contribution in [0.3, 0.4) is 0 Å². The first-order chi connectivity index (χ1) is 9.69. The zero-order valence-electron chi connectivity index (χ0n) is 11.1. The van der Waals surface area contributed by atoms with E-state index in [4.69, 9.17) is 0 Å². The lowest BCUT2D eigenvalue weighted by molar-refractivity contribution is 0.606. The van der Waals surface area contributed by atoms with Gasteiger partial charge >= 0.3 is 0 Å². The number of nitrogens with zero attached hydrogens (tertiary/aromatic N) is 3. The van der Waals surface area contributed by atoms with Crippen LogP contribution in [0.1, 0.15) is 12.6 Å². The van der Waals surface area contributed by atoms with Gasteiger partial charge in [-0.2, -0.15) is 0 Å². The van der Waals surface area contributed by atoms with Gasteiger partial charge in [-0.25, -0.2) is 14.4 Å². The van der Waals surface area contributed by atoms with Crippen molar-refractivity contribution in [3.8, 4) is 11.4 Å². The Morgan fingerprint density at radius 3 is 3.00 bits per heavy atom. The van der Waals surface area contributed by atoms with Crippen LogP contribution in [-0.2, 0) is 0 Å². The minimum atomic E-state index is -0.402. The number of aromatic nitrogens is 3. The van der Waals surface area contributed by atoms with Gasteiger partial charge in [-0.3, -0.25) is 4.98 Å². The molecule has 0 aliphatic heterocycles. The minimum absolute atomic E-state index is 0.237. The van der Waals surface area contributed by atoms with Gasteiger partial charge in [0, 0.05) is 18.3 Å². The predicted octanol–water partition coefficient (Wildman–Crippen LogP) is 3.63. The molecule has 0 radical (unpaired) electrons. The quantitative estimate of drug-likeness (QED) is 0.799. The van der Waals surface area contributed by atoms with Gasteiger partial charge < -0.3 is 5.32 Å². The van der Waals surface area contributed by atoms with E-state index in [1.54, 1.807) is 24.5 Å². The first-order valence-corrected chi connectivity index (χ1v) is 7.18. The van der Waals surface area contributed by atoms with Gasteiger partial charge in [0.05, 0.1) is 15.9 Å². The molecule has 0 atom stereocenters. The second-order valence-corrected chi connectivity index (χ2v) is 5.30. The summed E-state index contributed by atoms with van der Waals surface area (Å²) in [6.07, 6.45) is 1.72. The number of anilines is 1. The molecule has 0 bridgehead atoms. The second kappa shape index (κ2) is 5.13. The number of aryl methyl sites for hydroxylation is 1. The summed E-state index contributed by atoms with van der Waals surface area (Å²) in [5, 5.41) is 4.90. The molecule has 0 aliphatic carbocycles. The molecule has 0 aromatic carbocycles. The van der Waals surface area contributed by atoms with Gasteiger partial charge in [0.1, 0.15) is 0 Å². The number of fused-ring (bicyclic) bond motifs is 1. The highest BCUT2D eigenvalue weighted by atomic mass is 32.1. The Labute approximate surface area is 119 Å². The van der Waals surface area contributed by atoms with Crippen molar-refractivity contribution >= 4 is 27.4 Å². The van der Waals surface area contributed by atoms with Gasteiger partial charge in [0.2, 0.25) is 0 Å². The van der Waals surface area contributed by atoms with Gasteiger partial charge in [-0.05, 0) is 31.4 Å². The summed E-state index contributed by atoms with van der Waals surface area (Å²) >= 11 is 1.61. The van der Waals surface area contributed by atoms with Crippen molar-refractivity contribution in [1.29, 1.82) is 0 Å². The molecule has 0 saturated heterocycles. The van der Waals surface area contributed by atoms with Crippen LogP contribution in [0.4, 0.5) is 10.2 Å². The maximum Gasteiger partial charge on any atom is 0.186 e. The summed E-state index contributed by atoms with van der Waals surface area (Å²) in [7, 11) is 0. The summed E-state index contributed by atoms with van der Waals surface area (Å²) in [5.74, 6) is 0.324. The van der Waals surface area contributed by atoms with Crippen molar-refractivity contribution < 1.29 is 4.39 Å². The van der Waals surface area contributed by atoms with E-state index in [0.29, 0.717) is 18.1 Å².